The van der Waals surface area contributed by atoms with Gasteiger partial charge in [0, 0.05) is 4.91 Å². The Morgan fingerprint density at radius 3 is 2.06 bits per heavy atom. The summed E-state index contributed by atoms with van der Waals surface area (Å²) >= 11 is 0. The summed E-state index contributed by atoms with van der Waals surface area (Å²) in [6, 6.07) is 19.5. The minimum absolute atomic E-state index is 0.522. The van der Waals surface area contributed by atoms with Crippen molar-refractivity contribution in [3.05, 3.63) is 78.4 Å². The molecule has 0 unspecified atom stereocenters. The van der Waals surface area contributed by atoms with Crippen LogP contribution in [0.5, 0.6) is 0 Å². The first-order valence-electron chi connectivity index (χ1n) is 5.44. The average Bonchev–Trinajstić information content (AvgIpc) is 2.40. The van der Waals surface area contributed by atoms with Gasteiger partial charge in [-0.15, -0.1) is 0 Å². The van der Waals surface area contributed by atoms with Gasteiger partial charge < -0.3 is 0 Å². The van der Waals surface area contributed by atoms with Crippen LogP contribution in [0, 0.1) is 0 Å². The van der Waals surface area contributed by atoms with Crippen LogP contribution in [0.4, 0.5) is 0 Å². The van der Waals surface area contributed by atoms with Crippen LogP contribution in [0.3, 0.4) is 0 Å². The third kappa shape index (κ3) is 3.14. The van der Waals surface area contributed by atoms with Crippen molar-refractivity contribution in [3.63, 3.8) is 0 Å². The maximum Gasteiger partial charge on any atom is 0.0574 e. The highest BCUT2D eigenvalue weighted by Crippen LogP contribution is 2.18. The van der Waals surface area contributed by atoms with Gasteiger partial charge in [0.15, 0.2) is 0 Å². The molecule has 0 heterocycles. The van der Waals surface area contributed by atoms with Crippen molar-refractivity contribution in [3.8, 4) is 0 Å². The van der Waals surface area contributed by atoms with Crippen molar-refractivity contribution in [1.82, 2.24) is 0 Å². The van der Waals surface area contributed by atoms with Gasteiger partial charge in [-0.3, -0.25) is 4.21 Å². The first-order valence-corrected chi connectivity index (χ1v) is 6.76. The van der Waals surface area contributed by atoms with E-state index in [1.807, 2.05) is 60.7 Å². The molecule has 2 aromatic rings. The molecule has 2 heteroatoms. The number of benzene rings is 2. The summed E-state index contributed by atoms with van der Waals surface area (Å²) in [5.41, 5.74) is 2.02. The lowest BCUT2D eigenvalue weighted by Crippen LogP contribution is -1.97. The second kappa shape index (κ2) is 5.60. The summed E-state index contributed by atoms with van der Waals surface area (Å²) < 4.78 is 12.1. The Labute approximate surface area is 104 Å². The topological polar surface area (TPSA) is 17.1 Å². The Morgan fingerprint density at radius 1 is 0.941 bits per heavy atom. The third-order valence-electron chi connectivity index (χ3n) is 2.51. The van der Waals surface area contributed by atoms with Crippen LogP contribution < -0.4 is 0 Å². The lowest BCUT2D eigenvalue weighted by Gasteiger charge is -2.06. The van der Waals surface area contributed by atoms with E-state index in [0.29, 0.717) is 10.7 Å². The fraction of sp³-hybridized carbons (Fsp3) is 0.0667. The number of rotatable bonds is 4. The zero-order valence-electron chi connectivity index (χ0n) is 9.50. The first kappa shape index (κ1) is 11.8. The molecule has 0 radical (unpaired) electrons. The molecule has 0 spiro atoms. The van der Waals surface area contributed by atoms with Crippen molar-refractivity contribution in [2.24, 2.45) is 0 Å². The fourth-order valence-corrected chi connectivity index (χ4v) is 2.64. The quantitative estimate of drug-likeness (QED) is 0.800. The molecule has 17 heavy (non-hydrogen) atoms. The van der Waals surface area contributed by atoms with Crippen molar-refractivity contribution < 1.29 is 4.21 Å². The van der Waals surface area contributed by atoms with Gasteiger partial charge in [0.2, 0.25) is 0 Å². The number of hydrogen-bond donors (Lipinski definition) is 0. The van der Waals surface area contributed by atoms with Crippen LogP contribution in [0.25, 0.3) is 4.91 Å². The van der Waals surface area contributed by atoms with E-state index in [9.17, 15) is 4.21 Å². The maximum atomic E-state index is 12.1. The van der Waals surface area contributed by atoms with Gasteiger partial charge in [0.05, 0.1) is 16.6 Å². The van der Waals surface area contributed by atoms with Crippen LogP contribution in [0.15, 0.2) is 67.2 Å². The van der Waals surface area contributed by atoms with Gasteiger partial charge in [-0.1, -0.05) is 67.2 Å². The molecule has 0 fully saturated rings. The van der Waals surface area contributed by atoms with Crippen LogP contribution >= 0.6 is 0 Å². The highest BCUT2D eigenvalue weighted by Gasteiger charge is 2.07. The van der Waals surface area contributed by atoms with Crippen molar-refractivity contribution in [2.75, 3.05) is 0 Å². The smallest absolute Gasteiger partial charge is 0.0574 e. The predicted molar refractivity (Wildman–Crippen MR) is 73.8 cm³/mol. The van der Waals surface area contributed by atoms with E-state index in [1.165, 1.54) is 0 Å². The second-order valence-electron chi connectivity index (χ2n) is 3.76. The summed E-state index contributed by atoms with van der Waals surface area (Å²) in [6.45, 7) is 3.92. The molecular weight excluding hydrogens is 228 g/mol. The first-order chi connectivity index (χ1) is 8.27. The van der Waals surface area contributed by atoms with Crippen molar-refractivity contribution >= 4 is 15.7 Å². The second-order valence-corrected chi connectivity index (χ2v) is 5.24. The molecule has 0 amide bonds. The van der Waals surface area contributed by atoms with Crippen LogP contribution in [-0.2, 0) is 16.6 Å². The zero-order chi connectivity index (χ0) is 12.1. The normalized spacial score (nSPS) is 12.0. The molecule has 2 aromatic carbocycles. The van der Waals surface area contributed by atoms with Crippen molar-refractivity contribution in [2.45, 2.75) is 5.75 Å². The molecule has 1 atom stereocenters. The number of hydrogen-bond acceptors (Lipinski definition) is 1. The Morgan fingerprint density at radius 2 is 1.47 bits per heavy atom. The summed E-state index contributed by atoms with van der Waals surface area (Å²) in [5, 5.41) is 0. The monoisotopic (exact) mass is 242 g/mol. The van der Waals surface area contributed by atoms with Crippen molar-refractivity contribution in [1.29, 1.82) is 0 Å². The van der Waals surface area contributed by atoms with E-state index in [2.05, 4.69) is 6.58 Å². The Bertz CT molecular complexity index is 517. The third-order valence-corrected chi connectivity index (χ3v) is 3.89. The van der Waals surface area contributed by atoms with E-state index < -0.39 is 10.8 Å². The largest absolute Gasteiger partial charge is 0.254 e. The fourth-order valence-electron chi connectivity index (χ4n) is 1.57. The van der Waals surface area contributed by atoms with E-state index in [4.69, 9.17) is 0 Å². The minimum atomic E-state index is -1.06. The Balaban J connectivity index is 2.09. The zero-order valence-corrected chi connectivity index (χ0v) is 10.3. The predicted octanol–water partition coefficient (Wildman–Crippen LogP) is 3.61. The van der Waals surface area contributed by atoms with E-state index in [-0.39, 0.29) is 0 Å². The lowest BCUT2D eigenvalue weighted by atomic mass is 10.2. The van der Waals surface area contributed by atoms with Gasteiger partial charge in [-0.05, 0) is 11.1 Å². The molecule has 0 aromatic heterocycles. The molecule has 1 nitrogen and oxygen atoms in total. The van der Waals surface area contributed by atoms with Gasteiger partial charge in [-0.25, -0.2) is 0 Å². The highest BCUT2D eigenvalue weighted by atomic mass is 32.2. The molecule has 0 N–H and O–H groups in total. The molecule has 0 aliphatic heterocycles. The molecule has 0 bridgehead atoms. The Kier molecular flexibility index (Phi) is 3.89. The van der Waals surface area contributed by atoms with Gasteiger partial charge >= 0.3 is 0 Å². The standard InChI is InChI=1S/C15H14OS/c1-13(15-10-6-3-7-11-15)17(16)12-14-8-4-2-5-9-14/h2-11H,1,12H2/t17-/m0/s1. The van der Waals surface area contributed by atoms with E-state index >= 15 is 0 Å². The van der Waals surface area contributed by atoms with Crippen LogP contribution in [0.2, 0.25) is 0 Å². The van der Waals surface area contributed by atoms with Gasteiger partial charge in [0.25, 0.3) is 0 Å². The van der Waals surface area contributed by atoms with Crippen LogP contribution in [-0.4, -0.2) is 4.21 Å². The molecule has 86 valence electrons. The molecule has 0 saturated carbocycles. The van der Waals surface area contributed by atoms with E-state index in [0.717, 1.165) is 11.1 Å². The Hall–Kier alpha value is -1.67. The molecule has 0 saturated heterocycles. The summed E-state index contributed by atoms with van der Waals surface area (Å²) in [7, 11) is -1.06. The van der Waals surface area contributed by atoms with Crippen LogP contribution in [0.1, 0.15) is 11.1 Å². The molecule has 2 rings (SSSR count). The average molecular weight is 242 g/mol. The summed E-state index contributed by atoms with van der Waals surface area (Å²) in [5.74, 6) is 0.522. The van der Waals surface area contributed by atoms with Gasteiger partial charge in [0.1, 0.15) is 0 Å². The minimum Gasteiger partial charge on any atom is -0.254 e. The molecule has 0 aliphatic carbocycles. The SMILES string of the molecule is C=C(c1ccccc1)[S@@](=O)Cc1ccccc1. The highest BCUT2D eigenvalue weighted by molar-refractivity contribution is 7.93. The summed E-state index contributed by atoms with van der Waals surface area (Å²) in [6.07, 6.45) is 0. The lowest BCUT2D eigenvalue weighted by molar-refractivity contribution is 0.688. The van der Waals surface area contributed by atoms with Gasteiger partial charge in [-0.2, -0.15) is 0 Å². The van der Waals surface area contributed by atoms with E-state index in [1.54, 1.807) is 0 Å². The maximum absolute atomic E-state index is 12.1. The molecular formula is C15H14OS. The molecule has 0 aliphatic rings. The summed E-state index contributed by atoms with van der Waals surface area (Å²) in [4.78, 5) is 0.689.